The van der Waals surface area contributed by atoms with Gasteiger partial charge in [0.05, 0.1) is 28.4 Å². The lowest BCUT2D eigenvalue weighted by molar-refractivity contribution is -0.0811. The molecule has 0 radical (unpaired) electrons. The zero-order valence-electron chi connectivity index (χ0n) is 59.9. The van der Waals surface area contributed by atoms with Crippen molar-refractivity contribution >= 4 is 86.2 Å². The molecule has 512 valence electrons. The summed E-state index contributed by atoms with van der Waals surface area (Å²) in [5, 5.41) is 20.4. The molecule has 5 heteroatoms. The molecule has 0 fully saturated rings. The van der Waals surface area contributed by atoms with Crippen molar-refractivity contribution < 1.29 is 23.7 Å². The number of hydrogen-bond donors (Lipinski definition) is 0. The van der Waals surface area contributed by atoms with Crippen LogP contribution in [0.25, 0.3) is 108 Å². The summed E-state index contributed by atoms with van der Waals surface area (Å²) in [6, 6.07) is 125. The van der Waals surface area contributed by atoms with Crippen molar-refractivity contribution in [2.45, 2.75) is 35.9 Å². The Bertz CT molecular complexity index is 5810. The fourth-order valence-electron chi connectivity index (χ4n) is 19.0. The Labute approximate surface area is 622 Å². The van der Waals surface area contributed by atoms with Gasteiger partial charge in [-0.3, -0.25) is 0 Å². The molecule has 0 aliphatic heterocycles. The lowest BCUT2D eigenvalue weighted by atomic mass is 9.74. The van der Waals surface area contributed by atoms with Gasteiger partial charge in [-0.05, 0) is 237 Å². The standard InChI is InChI=1S/C102H74O5/c1-103-71-53-45-67(46-54-71)101(68-47-55-72(104-2)56-48-68,65-41-37-63(38-42-65)61-91-93-83-29-13-5-21-75(83)79-25-9-17-33-87(79)97(93)98-88-34-18-10-26-80(88)76-22-6-14-30-84(76)94(91)98)107-102(69-49-57-73(105-3)58-50-69,70-51-59-74(106-4)60-52-70)66-43-39-64(40-44-66)62-92-95-85-31-15-7-23-77(85)81-27-11-19-35-89(81)99(95)100-90-36-20-12-28-82(90)78-24-8-16-32-86(78)96(92)100/h5-60,91-92H,61-62H2,1-4H3. The van der Waals surface area contributed by atoms with Gasteiger partial charge in [0, 0.05) is 11.8 Å². The Morgan fingerprint density at radius 3 is 0.561 bits per heavy atom. The average molecular weight is 1380 g/mol. The van der Waals surface area contributed by atoms with Crippen LogP contribution >= 0.6 is 0 Å². The molecule has 5 nitrogen and oxygen atoms in total. The van der Waals surface area contributed by atoms with E-state index < -0.39 is 11.2 Å². The van der Waals surface area contributed by atoms with Gasteiger partial charge in [-0.15, -0.1) is 0 Å². The average Bonchev–Trinajstić information content (AvgIpc) is 1.59. The summed E-state index contributed by atoms with van der Waals surface area (Å²) in [7, 11) is 6.89. The molecule has 2 aliphatic carbocycles. The van der Waals surface area contributed by atoms with Crippen LogP contribution in [-0.2, 0) is 28.8 Å². The van der Waals surface area contributed by atoms with Gasteiger partial charge in [0.1, 0.15) is 34.2 Å². The van der Waals surface area contributed by atoms with E-state index >= 15 is 0 Å². The highest BCUT2D eigenvalue weighted by Gasteiger charge is 2.50. The van der Waals surface area contributed by atoms with Crippen LogP contribution in [0, 0.1) is 0 Å². The molecule has 2 aliphatic rings. The summed E-state index contributed by atoms with van der Waals surface area (Å²) in [6.07, 6.45) is 1.49. The van der Waals surface area contributed by atoms with Gasteiger partial charge in [0.25, 0.3) is 0 Å². The third kappa shape index (κ3) is 9.80. The summed E-state index contributed by atoms with van der Waals surface area (Å²) in [5.41, 5.74) is 16.0. The predicted molar refractivity (Wildman–Crippen MR) is 441 cm³/mol. The van der Waals surface area contributed by atoms with Gasteiger partial charge in [-0.1, -0.05) is 291 Å². The van der Waals surface area contributed by atoms with Crippen molar-refractivity contribution in [1.29, 1.82) is 0 Å². The van der Waals surface area contributed by atoms with E-state index in [1.807, 2.05) is 0 Å². The number of ether oxygens (including phenoxy) is 5. The molecule has 0 saturated carbocycles. The molecule has 20 rings (SSSR count). The molecule has 0 aromatic heterocycles. The van der Waals surface area contributed by atoms with Crippen LogP contribution in [0.4, 0.5) is 0 Å². The van der Waals surface area contributed by atoms with Crippen molar-refractivity contribution in [2.75, 3.05) is 28.4 Å². The molecular weight excluding hydrogens is 1310 g/mol. The summed E-state index contributed by atoms with van der Waals surface area (Å²) >= 11 is 0. The minimum Gasteiger partial charge on any atom is -0.497 e. The van der Waals surface area contributed by atoms with Crippen LogP contribution in [0.2, 0.25) is 0 Å². The Hall–Kier alpha value is -12.8. The van der Waals surface area contributed by atoms with Gasteiger partial charge < -0.3 is 23.7 Å². The van der Waals surface area contributed by atoms with Crippen LogP contribution in [0.5, 0.6) is 23.0 Å². The van der Waals surface area contributed by atoms with Crippen molar-refractivity contribution in [3.8, 4) is 45.3 Å². The number of fused-ring (bicyclic) bond motifs is 26. The molecule has 18 aromatic rings. The topological polar surface area (TPSA) is 46.2 Å². The highest BCUT2D eigenvalue weighted by atomic mass is 16.5. The number of methoxy groups -OCH3 is 4. The van der Waals surface area contributed by atoms with Crippen LogP contribution in [0.15, 0.2) is 340 Å². The fourth-order valence-corrected chi connectivity index (χ4v) is 19.0. The van der Waals surface area contributed by atoms with Crippen molar-refractivity contribution in [2.24, 2.45) is 0 Å². The SMILES string of the molecule is COc1ccc(C(OC(c2ccc(CC3c4c(c5ccccc5c5ccccc45)-c4c3c3ccccc3c3ccccc43)cc2)(c2ccc(OC)cc2)c2ccc(OC)cc2)(c2ccc(CC3c4c(c5ccccc5c5ccccc45)-c4c3c3ccccc3c3ccccc43)cc2)c2ccc(OC)cc2)cc1. The third-order valence-corrected chi connectivity index (χ3v) is 23.7. The molecule has 0 heterocycles. The first kappa shape index (κ1) is 63.9. The maximum atomic E-state index is 8.96. The first-order chi connectivity index (χ1) is 52.9. The van der Waals surface area contributed by atoms with Crippen LogP contribution < -0.4 is 18.9 Å². The van der Waals surface area contributed by atoms with Gasteiger partial charge >= 0.3 is 0 Å². The Kier molecular flexibility index (Phi) is 15.2. The number of rotatable bonds is 16. The molecule has 0 spiro atoms. The Morgan fingerprint density at radius 2 is 0.364 bits per heavy atom. The van der Waals surface area contributed by atoms with E-state index in [2.05, 4.69) is 340 Å². The second kappa shape index (κ2) is 25.5. The van der Waals surface area contributed by atoms with E-state index in [4.69, 9.17) is 23.7 Å². The van der Waals surface area contributed by atoms with E-state index in [1.165, 1.54) is 142 Å². The molecule has 18 aromatic carbocycles. The molecule has 0 bridgehead atoms. The van der Waals surface area contributed by atoms with Gasteiger partial charge in [0.15, 0.2) is 0 Å². The molecule has 0 N–H and O–H groups in total. The third-order valence-electron chi connectivity index (χ3n) is 23.7. The first-order valence-corrected chi connectivity index (χ1v) is 37.1. The predicted octanol–water partition coefficient (Wildman–Crippen LogP) is 25.0. The van der Waals surface area contributed by atoms with Crippen molar-refractivity contribution in [1.82, 2.24) is 0 Å². The van der Waals surface area contributed by atoms with E-state index in [-0.39, 0.29) is 11.8 Å². The summed E-state index contributed by atoms with van der Waals surface area (Å²) < 4.78 is 33.0. The minimum atomic E-state index is -1.38. The maximum Gasteiger partial charge on any atom is 0.145 e. The molecular formula is C102H74O5. The van der Waals surface area contributed by atoms with Gasteiger partial charge in [-0.25, -0.2) is 0 Å². The quantitative estimate of drug-likeness (QED) is 0.0713. The highest BCUT2D eigenvalue weighted by molar-refractivity contribution is 6.27. The van der Waals surface area contributed by atoms with Gasteiger partial charge in [0.2, 0.25) is 0 Å². The molecule has 0 saturated heterocycles. The molecule has 107 heavy (non-hydrogen) atoms. The minimum absolute atomic E-state index is 0.0106. The molecule has 0 atom stereocenters. The largest absolute Gasteiger partial charge is 0.497 e. The highest BCUT2D eigenvalue weighted by Crippen LogP contribution is 2.61. The van der Waals surface area contributed by atoms with E-state index in [1.54, 1.807) is 28.4 Å². The normalized spacial score (nSPS) is 12.9. The number of benzene rings is 18. The summed E-state index contributed by atoms with van der Waals surface area (Å²) in [5.74, 6) is 2.94. The van der Waals surface area contributed by atoms with E-state index in [9.17, 15) is 0 Å². The van der Waals surface area contributed by atoms with Crippen LogP contribution in [-0.4, -0.2) is 28.4 Å². The molecule has 0 amide bonds. The van der Waals surface area contributed by atoms with Crippen molar-refractivity contribution in [3.05, 3.63) is 406 Å². The lowest BCUT2D eigenvalue weighted by Gasteiger charge is -2.46. The van der Waals surface area contributed by atoms with Crippen LogP contribution in [0.1, 0.15) is 78.6 Å². The Morgan fingerprint density at radius 1 is 0.196 bits per heavy atom. The second-order valence-electron chi connectivity index (χ2n) is 28.8. The zero-order chi connectivity index (χ0) is 71.5. The first-order valence-electron chi connectivity index (χ1n) is 37.1. The van der Waals surface area contributed by atoms with Crippen LogP contribution in [0.3, 0.4) is 0 Å². The smallest absolute Gasteiger partial charge is 0.145 e. The van der Waals surface area contributed by atoms with E-state index in [0.29, 0.717) is 0 Å². The zero-order valence-corrected chi connectivity index (χ0v) is 59.9. The lowest BCUT2D eigenvalue weighted by Crippen LogP contribution is -2.44. The maximum absolute atomic E-state index is 8.96. The van der Waals surface area contributed by atoms with E-state index in [0.717, 1.165) is 69.2 Å². The fraction of sp³-hybridized carbons (Fsp3) is 0.0980. The summed E-state index contributed by atoms with van der Waals surface area (Å²) in [6.45, 7) is 0. The number of hydrogen-bond acceptors (Lipinski definition) is 5. The Balaban J connectivity index is 0.798. The molecule has 0 unspecified atom stereocenters. The summed E-state index contributed by atoms with van der Waals surface area (Å²) in [4.78, 5) is 0. The van der Waals surface area contributed by atoms with Crippen molar-refractivity contribution in [3.63, 3.8) is 0 Å². The monoisotopic (exact) mass is 1380 g/mol. The second-order valence-corrected chi connectivity index (χ2v) is 28.8. The van der Waals surface area contributed by atoms with Gasteiger partial charge in [-0.2, -0.15) is 0 Å².